The summed E-state index contributed by atoms with van der Waals surface area (Å²) in [5.41, 5.74) is 13.6. The van der Waals surface area contributed by atoms with Gasteiger partial charge in [-0.2, -0.15) is 5.90 Å². The summed E-state index contributed by atoms with van der Waals surface area (Å²) in [7, 11) is 0. The standard InChI is InChI=1S/C36H52FN7O6/c37-19-9-7-15-29(33(46)42-30(16-8-10-20-38)35(48)44-21-17-27(18-22-44)36(49)50-40)41-34(47)31(24-26-13-5-2-6-14-26)43-32(45)28(39)23-25-11-3-1-4-12-25/h1-6,11-14,27-31H,7-10,15-24,38-40H2,(H,41,47)(H,42,46)(H,43,45)/t28-,29?,30-,31-/m1/s1. The highest BCUT2D eigenvalue weighted by Crippen LogP contribution is 2.20. The van der Waals surface area contributed by atoms with Crippen LogP contribution in [0.4, 0.5) is 4.39 Å². The molecule has 0 spiro atoms. The molecule has 0 bridgehead atoms. The molecular formula is C36H52FN7O6. The van der Waals surface area contributed by atoms with E-state index in [0.717, 1.165) is 11.1 Å². The smallest absolute Gasteiger partial charge is 0.327 e. The van der Waals surface area contributed by atoms with Gasteiger partial charge in [-0.1, -0.05) is 60.7 Å². The molecule has 1 aliphatic rings. The number of hydrogen-bond donors (Lipinski definition) is 6. The van der Waals surface area contributed by atoms with Gasteiger partial charge in [-0.3, -0.25) is 28.4 Å². The zero-order valence-electron chi connectivity index (χ0n) is 28.6. The zero-order valence-corrected chi connectivity index (χ0v) is 28.6. The summed E-state index contributed by atoms with van der Waals surface area (Å²) in [5.74, 6) is 2.02. The molecule has 2 aromatic rings. The fourth-order valence-electron chi connectivity index (χ4n) is 5.96. The van der Waals surface area contributed by atoms with Crippen LogP contribution in [-0.4, -0.2) is 85.0 Å². The first kappa shape index (κ1) is 40.0. The van der Waals surface area contributed by atoms with Crippen molar-refractivity contribution in [2.75, 3.05) is 26.3 Å². The van der Waals surface area contributed by atoms with E-state index in [-0.39, 0.29) is 44.7 Å². The molecule has 1 saturated heterocycles. The average Bonchev–Trinajstić information content (AvgIpc) is 3.14. The van der Waals surface area contributed by atoms with Crippen LogP contribution in [0.15, 0.2) is 60.7 Å². The molecule has 14 heteroatoms. The number of alkyl halides is 1. The Kier molecular flexibility index (Phi) is 17.3. The number of nitrogens with one attached hydrogen (secondary N) is 3. The first-order chi connectivity index (χ1) is 24.2. The van der Waals surface area contributed by atoms with Crippen LogP contribution in [0.1, 0.15) is 62.5 Å². The molecule has 0 saturated carbocycles. The molecule has 1 aliphatic heterocycles. The number of nitrogens with two attached hydrogens (primary N) is 3. The summed E-state index contributed by atoms with van der Waals surface area (Å²) in [6.07, 6.45) is 3.22. The van der Waals surface area contributed by atoms with E-state index in [2.05, 4.69) is 20.8 Å². The molecule has 1 fully saturated rings. The van der Waals surface area contributed by atoms with Crippen LogP contribution in [0.3, 0.4) is 0 Å². The van der Waals surface area contributed by atoms with Crippen molar-refractivity contribution >= 4 is 29.6 Å². The number of rotatable bonds is 20. The van der Waals surface area contributed by atoms with E-state index in [1.807, 2.05) is 60.7 Å². The van der Waals surface area contributed by atoms with Crippen LogP contribution in [0.5, 0.6) is 0 Å². The Bertz CT molecular complexity index is 1360. The molecule has 13 nitrogen and oxygen atoms in total. The van der Waals surface area contributed by atoms with Gasteiger partial charge in [0.15, 0.2) is 0 Å². The lowest BCUT2D eigenvalue weighted by Gasteiger charge is -2.34. The van der Waals surface area contributed by atoms with E-state index in [4.69, 9.17) is 17.4 Å². The number of hydrogen-bond acceptors (Lipinski definition) is 9. The van der Waals surface area contributed by atoms with Crippen molar-refractivity contribution in [1.82, 2.24) is 20.9 Å². The van der Waals surface area contributed by atoms with Crippen LogP contribution in [0.25, 0.3) is 0 Å². The molecule has 0 radical (unpaired) electrons. The van der Waals surface area contributed by atoms with Gasteiger partial charge in [0.1, 0.15) is 18.1 Å². The number of amides is 4. The van der Waals surface area contributed by atoms with Crippen molar-refractivity contribution in [3.8, 4) is 0 Å². The molecule has 1 unspecified atom stereocenters. The minimum Gasteiger partial charge on any atom is -0.373 e. The van der Waals surface area contributed by atoms with Crippen molar-refractivity contribution in [2.24, 2.45) is 23.3 Å². The minimum atomic E-state index is -1.11. The number of likely N-dealkylation sites (tertiary alicyclic amines) is 1. The number of nitrogens with zero attached hydrogens (tertiary/aromatic N) is 1. The van der Waals surface area contributed by atoms with Crippen LogP contribution >= 0.6 is 0 Å². The third-order valence-electron chi connectivity index (χ3n) is 8.88. The summed E-state index contributed by atoms with van der Waals surface area (Å²) >= 11 is 0. The molecule has 2 aromatic carbocycles. The maximum atomic E-state index is 13.8. The highest BCUT2D eigenvalue weighted by atomic mass is 19.1. The van der Waals surface area contributed by atoms with Crippen LogP contribution in [-0.2, 0) is 41.7 Å². The maximum absolute atomic E-state index is 13.8. The van der Waals surface area contributed by atoms with Gasteiger partial charge < -0.3 is 37.2 Å². The van der Waals surface area contributed by atoms with Crippen LogP contribution < -0.4 is 33.3 Å². The van der Waals surface area contributed by atoms with E-state index >= 15 is 0 Å². The van der Waals surface area contributed by atoms with E-state index in [0.29, 0.717) is 45.1 Å². The first-order valence-electron chi connectivity index (χ1n) is 17.4. The van der Waals surface area contributed by atoms with Crippen molar-refractivity contribution in [1.29, 1.82) is 0 Å². The Balaban J connectivity index is 1.76. The topological polar surface area (TPSA) is 212 Å². The Labute approximate surface area is 293 Å². The molecule has 4 amide bonds. The summed E-state index contributed by atoms with van der Waals surface area (Å²) in [5, 5.41) is 8.36. The SMILES string of the molecule is NCCCC[C@@H](NC(=O)C(CCCCF)NC(=O)[C@@H](Cc1ccccc1)NC(=O)[C@H](N)Cc1ccccc1)C(=O)N1CCC(C(=O)ON)CC1. The number of benzene rings is 2. The van der Waals surface area contributed by atoms with Crippen molar-refractivity contribution in [3.63, 3.8) is 0 Å². The molecule has 1 heterocycles. The van der Waals surface area contributed by atoms with Gasteiger partial charge in [-0.25, -0.2) is 0 Å². The molecule has 0 aromatic heterocycles. The fourth-order valence-corrected chi connectivity index (χ4v) is 5.96. The number of piperidine rings is 1. The van der Waals surface area contributed by atoms with Gasteiger partial charge >= 0.3 is 5.97 Å². The van der Waals surface area contributed by atoms with Gasteiger partial charge in [0.25, 0.3) is 0 Å². The summed E-state index contributed by atoms with van der Waals surface area (Å²) in [6, 6.07) is 14.3. The molecular weight excluding hydrogens is 645 g/mol. The fraction of sp³-hybridized carbons (Fsp3) is 0.528. The second-order valence-corrected chi connectivity index (χ2v) is 12.7. The van der Waals surface area contributed by atoms with E-state index in [1.54, 1.807) is 4.90 Å². The number of carbonyl (C=O) groups excluding carboxylic acids is 5. The third kappa shape index (κ3) is 13.1. The molecule has 50 heavy (non-hydrogen) atoms. The lowest BCUT2D eigenvalue weighted by Crippen LogP contribution is -2.58. The lowest BCUT2D eigenvalue weighted by atomic mass is 9.96. The monoisotopic (exact) mass is 697 g/mol. The Morgan fingerprint density at radius 3 is 1.84 bits per heavy atom. The molecule has 0 aliphatic carbocycles. The van der Waals surface area contributed by atoms with Gasteiger partial charge in [0, 0.05) is 19.5 Å². The van der Waals surface area contributed by atoms with Crippen LogP contribution in [0.2, 0.25) is 0 Å². The maximum Gasteiger partial charge on any atom is 0.327 e. The number of carbonyl (C=O) groups is 5. The first-order valence-corrected chi connectivity index (χ1v) is 17.4. The van der Waals surface area contributed by atoms with Gasteiger partial charge in [-0.05, 0) is 75.5 Å². The van der Waals surface area contributed by atoms with Crippen LogP contribution in [0, 0.1) is 5.92 Å². The Morgan fingerprint density at radius 2 is 1.26 bits per heavy atom. The average molecular weight is 698 g/mol. The number of halogens is 1. The predicted molar refractivity (Wildman–Crippen MR) is 186 cm³/mol. The highest BCUT2D eigenvalue weighted by Gasteiger charge is 2.34. The van der Waals surface area contributed by atoms with Gasteiger partial charge in [-0.15, -0.1) is 0 Å². The lowest BCUT2D eigenvalue weighted by molar-refractivity contribution is -0.152. The summed E-state index contributed by atoms with van der Waals surface area (Å²) in [6.45, 7) is 0.382. The van der Waals surface area contributed by atoms with E-state index < -0.39 is 60.5 Å². The highest BCUT2D eigenvalue weighted by molar-refractivity contribution is 5.95. The Morgan fingerprint density at radius 1 is 0.740 bits per heavy atom. The second-order valence-electron chi connectivity index (χ2n) is 12.7. The zero-order chi connectivity index (χ0) is 36.3. The quantitative estimate of drug-likeness (QED) is 0.0865. The molecule has 9 N–H and O–H groups in total. The Hall–Kier alpha value is -4.40. The van der Waals surface area contributed by atoms with E-state index in [9.17, 15) is 28.4 Å². The van der Waals surface area contributed by atoms with Crippen molar-refractivity contribution in [3.05, 3.63) is 71.8 Å². The predicted octanol–water partition coefficient (Wildman–Crippen LogP) is 1.18. The van der Waals surface area contributed by atoms with E-state index in [1.165, 1.54) is 0 Å². The van der Waals surface area contributed by atoms with Crippen molar-refractivity contribution in [2.45, 2.75) is 88.4 Å². The molecule has 3 rings (SSSR count). The normalized spacial score (nSPS) is 15.6. The molecule has 4 atom stereocenters. The number of unbranched alkanes of at least 4 members (excludes halogenated alkanes) is 2. The summed E-state index contributed by atoms with van der Waals surface area (Å²) in [4.78, 5) is 72.4. The second kappa shape index (κ2) is 21.6. The van der Waals surface area contributed by atoms with Gasteiger partial charge in [0.2, 0.25) is 23.6 Å². The molecule has 274 valence electrons. The van der Waals surface area contributed by atoms with Gasteiger partial charge in [0.05, 0.1) is 18.6 Å². The summed E-state index contributed by atoms with van der Waals surface area (Å²) < 4.78 is 13.1. The third-order valence-corrected chi connectivity index (χ3v) is 8.88. The minimum absolute atomic E-state index is 0.108. The largest absolute Gasteiger partial charge is 0.373 e. The van der Waals surface area contributed by atoms with Crippen molar-refractivity contribution < 1.29 is 33.2 Å².